The highest BCUT2D eigenvalue weighted by atomic mass is 16.5. The molecule has 3 aromatic carbocycles. The maximum atomic E-state index is 10.5. The average Bonchev–Trinajstić information content (AvgIpc) is 2.84. The van der Waals surface area contributed by atoms with Crippen molar-refractivity contribution in [3.05, 3.63) is 89.0 Å². The van der Waals surface area contributed by atoms with E-state index in [0.29, 0.717) is 17.7 Å². The van der Waals surface area contributed by atoms with Crippen LogP contribution >= 0.6 is 0 Å². The molecule has 0 amide bonds. The molecule has 4 N–H and O–H groups in total. The SMILES string of the molecule is COc1ccc(C2OC(CO)C(O)C(O)C2O)cc1Cc1ccc(-c2ccc(C)cc2)cc1. The molecule has 0 spiro atoms. The van der Waals surface area contributed by atoms with Gasteiger partial charge in [-0.15, -0.1) is 0 Å². The number of aliphatic hydroxyl groups excluding tert-OH is 4. The van der Waals surface area contributed by atoms with Gasteiger partial charge in [0.2, 0.25) is 0 Å². The predicted octanol–water partition coefficient (Wildman–Crippen LogP) is 2.78. The molecule has 1 fully saturated rings. The lowest BCUT2D eigenvalue weighted by Gasteiger charge is -2.40. The number of hydrogen-bond acceptors (Lipinski definition) is 6. The van der Waals surface area contributed by atoms with Gasteiger partial charge in [0.05, 0.1) is 13.7 Å². The Hall–Kier alpha value is -2.74. The van der Waals surface area contributed by atoms with Crippen LogP contribution in [0.5, 0.6) is 5.75 Å². The Labute approximate surface area is 193 Å². The van der Waals surface area contributed by atoms with E-state index in [0.717, 1.165) is 22.3 Å². The molecule has 0 radical (unpaired) electrons. The van der Waals surface area contributed by atoms with Gasteiger partial charge in [-0.25, -0.2) is 0 Å². The van der Waals surface area contributed by atoms with Crippen molar-refractivity contribution in [1.29, 1.82) is 0 Å². The fourth-order valence-corrected chi connectivity index (χ4v) is 4.27. The second-order valence-corrected chi connectivity index (χ2v) is 8.56. The summed E-state index contributed by atoms with van der Waals surface area (Å²) in [5.74, 6) is 0.700. The smallest absolute Gasteiger partial charge is 0.122 e. The number of ether oxygens (including phenoxy) is 2. The Bertz CT molecular complexity index is 1060. The Morgan fingerprint density at radius 1 is 0.818 bits per heavy atom. The number of aliphatic hydroxyl groups is 4. The quantitative estimate of drug-likeness (QED) is 0.461. The topological polar surface area (TPSA) is 99.4 Å². The minimum atomic E-state index is -1.42. The van der Waals surface area contributed by atoms with E-state index in [1.807, 2.05) is 6.07 Å². The summed E-state index contributed by atoms with van der Waals surface area (Å²) in [6, 6.07) is 22.2. The number of aryl methyl sites for hydroxylation is 1. The van der Waals surface area contributed by atoms with Crippen molar-refractivity contribution in [3.8, 4) is 16.9 Å². The van der Waals surface area contributed by atoms with E-state index in [2.05, 4.69) is 55.5 Å². The van der Waals surface area contributed by atoms with Crippen LogP contribution in [0.2, 0.25) is 0 Å². The molecule has 174 valence electrons. The molecule has 3 aromatic rings. The fourth-order valence-electron chi connectivity index (χ4n) is 4.27. The lowest BCUT2D eigenvalue weighted by Crippen LogP contribution is -2.55. The Balaban J connectivity index is 1.58. The van der Waals surface area contributed by atoms with E-state index in [4.69, 9.17) is 9.47 Å². The third kappa shape index (κ3) is 4.95. The van der Waals surface area contributed by atoms with Gasteiger partial charge in [0.25, 0.3) is 0 Å². The zero-order valence-electron chi connectivity index (χ0n) is 18.8. The molecule has 5 unspecified atom stereocenters. The van der Waals surface area contributed by atoms with Crippen LogP contribution in [0.1, 0.15) is 28.4 Å². The summed E-state index contributed by atoms with van der Waals surface area (Å²) in [6.07, 6.45) is -5.35. The zero-order valence-corrected chi connectivity index (χ0v) is 18.8. The summed E-state index contributed by atoms with van der Waals surface area (Å²) in [6.45, 7) is 1.61. The number of rotatable bonds is 6. The van der Waals surface area contributed by atoms with Crippen LogP contribution < -0.4 is 4.74 Å². The molecular formula is C27H30O6. The highest BCUT2D eigenvalue weighted by Crippen LogP contribution is 2.35. The maximum absolute atomic E-state index is 10.5. The van der Waals surface area contributed by atoms with Crippen LogP contribution in [0.3, 0.4) is 0 Å². The second-order valence-electron chi connectivity index (χ2n) is 8.56. The fraction of sp³-hybridized carbons (Fsp3) is 0.333. The first-order valence-electron chi connectivity index (χ1n) is 11.0. The van der Waals surface area contributed by atoms with Crippen molar-refractivity contribution in [3.63, 3.8) is 0 Å². The first-order valence-corrected chi connectivity index (χ1v) is 11.0. The molecule has 0 bridgehead atoms. The van der Waals surface area contributed by atoms with Crippen molar-refractivity contribution in [2.45, 2.75) is 43.9 Å². The summed E-state index contributed by atoms with van der Waals surface area (Å²) < 4.78 is 11.3. The summed E-state index contributed by atoms with van der Waals surface area (Å²) in [5, 5.41) is 40.2. The van der Waals surface area contributed by atoms with E-state index in [1.165, 1.54) is 5.56 Å². The maximum Gasteiger partial charge on any atom is 0.122 e. The minimum Gasteiger partial charge on any atom is -0.496 e. The Morgan fingerprint density at radius 2 is 1.45 bits per heavy atom. The largest absolute Gasteiger partial charge is 0.496 e. The second kappa shape index (κ2) is 10.0. The summed E-state index contributed by atoms with van der Waals surface area (Å²) in [5.41, 5.74) is 6.15. The van der Waals surface area contributed by atoms with E-state index < -0.39 is 37.1 Å². The first kappa shape index (κ1) is 23.4. The lowest BCUT2D eigenvalue weighted by molar-refractivity contribution is -0.231. The molecule has 1 aliphatic heterocycles. The average molecular weight is 451 g/mol. The molecular weight excluding hydrogens is 420 g/mol. The van der Waals surface area contributed by atoms with Gasteiger partial charge in [-0.2, -0.15) is 0 Å². The standard InChI is InChI=1S/C27H30O6/c1-16-3-7-18(8-4-16)19-9-5-17(6-10-19)13-21-14-20(11-12-22(21)32-2)27-26(31)25(30)24(29)23(15-28)33-27/h3-12,14,23-31H,13,15H2,1-2H3. The minimum absolute atomic E-state index is 0.461. The molecule has 33 heavy (non-hydrogen) atoms. The van der Waals surface area contributed by atoms with Crippen LogP contribution in [-0.2, 0) is 11.2 Å². The molecule has 6 heteroatoms. The molecule has 1 aliphatic rings. The summed E-state index contributed by atoms with van der Waals surface area (Å²) in [7, 11) is 1.60. The van der Waals surface area contributed by atoms with Crippen LogP contribution in [0.4, 0.5) is 0 Å². The molecule has 1 heterocycles. The summed E-state index contributed by atoms with van der Waals surface area (Å²) in [4.78, 5) is 0. The number of hydrogen-bond donors (Lipinski definition) is 4. The number of benzene rings is 3. The van der Waals surface area contributed by atoms with Crippen molar-refractivity contribution in [1.82, 2.24) is 0 Å². The third-order valence-electron chi connectivity index (χ3n) is 6.26. The van der Waals surface area contributed by atoms with E-state index in [9.17, 15) is 20.4 Å². The van der Waals surface area contributed by atoms with Crippen LogP contribution in [0.15, 0.2) is 66.7 Å². The van der Waals surface area contributed by atoms with E-state index >= 15 is 0 Å². The van der Waals surface area contributed by atoms with Gasteiger partial charge in [-0.05, 0) is 46.9 Å². The molecule has 5 atom stereocenters. The van der Waals surface area contributed by atoms with Crippen molar-refractivity contribution in [2.24, 2.45) is 0 Å². The summed E-state index contributed by atoms with van der Waals surface area (Å²) >= 11 is 0. The molecule has 0 aromatic heterocycles. The Morgan fingerprint density at radius 3 is 2.06 bits per heavy atom. The van der Waals surface area contributed by atoms with Crippen molar-refractivity contribution in [2.75, 3.05) is 13.7 Å². The van der Waals surface area contributed by atoms with Crippen LogP contribution in [0, 0.1) is 6.92 Å². The zero-order chi connectivity index (χ0) is 23.5. The van der Waals surface area contributed by atoms with Gasteiger partial charge in [-0.1, -0.05) is 60.2 Å². The van der Waals surface area contributed by atoms with E-state index in [1.54, 1.807) is 19.2 Å². The van der Waals surface area contributed by atoms with Crippen LogP contribution in [-0.4, -0.2) is 58.6 Å². The highest BCUT2D eigenvalue weighted by Gasteiger charge is 2.44. The molecule has 0 saturated carbocycles. The predicted molar refractivity (Wildman–Crippen MR) is 125 cm³/mol. The molecule has 1 saturated heterocycles. The number of methoxy groups -OCH3 is 1. The monoisotopic (exact) mass is 450 g/mol. The van der Waals surface area contributed by atoms with Crippen molar-refractivity contribution < 1.29 is 29.9 Å². The van der Waals surface area contributed by atoms with Gasteiger partial charge in [0, 0.05) is 6.42 Å². The van der Waals surface area contributed by atoms with Gasteiger partial charge in [-0.3, -0.25) is 0 Å². The van der Waals surface area contributed by atoms with Gasteiger partial charge in [0.1, 0.15) is 36.3 Å². The normalized spacial score (nSPS) is 25.1. The van der Waals surface area contributed by atoms with Gasteiger partial charge in [0.15, 0.2) is 0 Å². The van der Waals surface area contributed by atoms with Gasteiger partial charge >= 0.3 is 0 Å². The first-order chi connectivity index (χ1) is 15.9. The lowest BCUT2D eigenvalue weighted by atomic mass is 9.90. The molecule has 6 nitrogen and oxygen atoms in total. The molecule has 4 rings (SSSR count). The van der Waals surface area contributed by atoms with Gasteiger partial charge < -0.3 is 29.9 Å². The molecule has 0 aliphatic carbocycles. The van der Waals surface area contributed by atoms with E-state index in [-0.39, 0.29) is 0 Å². The van der Waals surface area contributed by atoms with Crippen LogP contribution in [0.25, 0.3) is 11.1 Å². The third-order valence-corrected chi connectivity index (χ3v) is 6.26. The van der Waals surface area contributed by atoms with Crippen molar-refractivity contribution >= 4 is 0 Å². The Kier molecular flexibility index (Phi) is 7.12. The highest BCUT2D eigenvalue weighted by molar-refractivity contribution is 5.64.